The summed E-state index contributed by atoms with van der Waals surface area (Å²) in [5.41, 5.74) is 2.94. The number of benzene rings is 2. The van der Waals surface area contributed by atoms with Crippen LogP contribution in [0, 0.1) is 0 Å². The molecule has 0 fully saturated rings. The van der Waals surface area contributed by atoms with Crippen molar-refractivity contribution < 1.29 is 14.3 Å². The number of hydrogen-bond acceptors (Lipinski definition) is 3. The second-order valence-electron chi connectivity index (χ2n) is 6.73. The summed E-state index contributed by atoms with van der Waals surface area (Å²) in [5, 5.41) is 2.92. The number of ether oxygens (including phenoxy) is 2. The van der Waals surface area contributed by atoms with Crippen LogP contribution in [0.3, 0.4) is 0 Å². The topological polar surface area (TPSA) is 47.6 Å². The van der Waals surface area contributed by atoms with Crippen LogP contribution in [-0.4, -0.2) is 20.1 Å². The maximum absolute atomic E-state index is 12.3. The number of rotatable bonds is 5. The number of amides is 1. The summed E-state index contributed by atoms with van der Waals surface area (Å²) in [5.74, 6) is 1.27. The maximum atomic E-state index is 12.3. The van der Waals surface area contributed by atoms with Crippen LogP contribution >= 0.6 is 0 Å². The minimum atomic E-state index is -0.0815. The predicted molar refractivity (Wildman–Crippen MR) is 97.0 cm³/mol. The standard InChI is InChI=1S/C20H25NO3/c1-20(2,3)15-7-9-16(10-8-15)21-19(22)12-14-6-11-17(23-4)13-18(14)24-5/h6-11,13H,12H2,1-5H3,(H,21,22). The molecule has 1 N–H and O–H groups in total. The molecule has 4 nitrogen and oxygen atoms in total. The molecule has 128 valence electrons. The van der Waals surface area contributed by atoms with Crippen molar-refractivity contribution in [2.45, 2.75) is 32.6 Å². The van der Waals surface area contributed by atoms with Crippen molar-refractivity contribution >= 4 is 11.6 Å². The number of hydrogen-bond donors (Lipinski definition) is 1. The Morgan fingerprint density at radius 3 is 2.21 bits per heavy atom. The molecule has 0 saturated heterocycles. The van der Waals surface area contributed by atoms with Crippen LogP contribution in [0.5, 0.6) is 11.5 Å². The molecule has 0 bridgehead atoms. The molecule has 0 spiro atoms. The summed E-state index contributed by atoms with van der Waals surface area (Å²) >= 11 is 0. The van der Waals surface area contributed by atoms with Crippen LogP contribution < -0.4 is 14.8 Å². The zero-order chi connectivity index (χ0) is 17.7. The van der Waals surface area contributed by atoms with Gasteiger partial charge in [-0.15, -0.1) is 0 Å². The first-order valence-corrected chi connectivity index (χ1v) is 7.95. The molecule has 2 rings (SSSR count). The summed E-state index contributed by atoms with van der Waals surface area (Å²) in [4.78, 5) is 12.3. The van der Waals surface area contributed by atoms with Crippen molar-refractivity contribution in [1.29, 1.82) is 0 Å². The van der Waals surface area contributed by atoms with Crippen molar-refractivity contribution in [2.24, 2.45) is 0 Å². The molecule has 4 heteroatoms. The Morgan fingerprint density at radius 1 is 1.00 bits per heavy atom. The number of carbonyl (C=O) groups is 1. The summed E-state index contributed by atoms with van der Waals surface area (Å²) in [6, 6.07) is 13.4. The first kappa shape index (κ1) is 17.9. The number of carbonyl (C=O) groups excluding carboxylic acids is 1. The van der Waals surface area contributed by atoms with Crippen LogP contribution in [0.2, 0.25) is 0 Å². The highest BCUT2D eigenvalue weighted by molar-refractivity contribution is 5.92. The van der Waals surface area contributed by atoms with Crippen LogP contribution in [0.15, 0.2) is 42.5 Å². The van der Waals surface area contributed by atoms with Crippen molar-refractivity contribution in [3.05, 3.63) is 53.6 Å². The van der Waals surface area contributed by atoms with Gasteiger partial charge in [0.2, 0.25) is 5.91 Å². The Hall–Kier alpha value is -2.49. The van der Waals surface area contributed by atoms with Gasteiger partial charge in [-0.25, -0.2) is 0 Å². The Morgan fingerprint density at radius 2 is 1.67 bits per heavy atom. The highest BCUT2D eigenvalue weighted by Crippen LogP contribution is 2.26. The van der Waals surface area contributed by atoms with Crippen LogP contribution in [-0.2, 0) is 16.6 Å². The molecule has 0 atom stereocenters. The molecular weight excluding hydrogens is 302 g/mol. The van der Waals surface area contributed by atoms with Gasteiger partial charge in [-0.2, -0.15) is 0 Å². The summed E-state index contributed by atoms with van der Waals surface area (Å²) in [6.07, 6.45) is 0.244. The molecule has 2 aromatic carbocycles. The van der Waals surface area contributed by atoms with E-state index < -0.39 is 0 Å². The third-order valence-electron chi connectivity index (χ3n) is 3.88. The minimum absolute atomic E-state index is 0.0815. The first-order chi connectivity index (χ1) is 11.3. The Kier molecular flexibility index (Phi) is 5.50. The van der Waals surface area contributed by atoms with E-state index in [2.05, 4.69) is 26.1 Å². The zero-order valence-electron chi connectivity index (χ0n) is 15.0. The summed E-state index contributed by atoms with van der Waals surface area (Å²) < 4.78 is 10.5. The van der Waals surface area contributed by atoms with E-state index in [-0.39, 0.29) is 17.7 Å². The second-order valence-corrected chi connectivity index (χ2v) is 6.73. The van der Waals surface area contributed by atoms with Gasteiger partial charge in [-0.1, -0.05) is 39.0 Å². The van der Waals surface area contributed by atoms with Crippen LogP contribution in [0.1, 0.15) is 31.9 Å². The lowest BCUT2D eigenvalue weighted by Crippen LogP contribution is -2.15. The molecule has 0 aliphatic rings. The molecule has 0 aromatic heterocycles. The number of methoxy groups -OCH3 is 2. The van der Waals surface area contributed by atoms with E-state index in [4.69, 9.17) is 9.47 Å². The van der Waals surface area contributed by atoms with Gasteiger partial charge in [-0.05, 0) is 29.2 Å². The molecule has 0 aliphatic heterocycles. The Bertz CT molecular complexity index is 700. The third-order valence-corrected chi connectivity index (χ3v) is 3.88. The van der Waals surface area contributed by atoms with Gasteiger partial charge < -0.3 is 14.8 Å². The largest absolute Gasteiger partial charge is 0.497 e. The molecule has 0 unspecified atom stereocenters. The van der Waals surface area contributed by atoms with Gasteiger partial charge in [0.05, 0.1) is 20.6 Å². The van der Waals surface area contributed by atoms with Crippen molar-refractivity contribution in [3.8, 4) is 11.5 Å². The Labute approximate surface area is 143 Å². The van der Waals surface area contributed by atoms with Crippen molar-refractivity contribution in [3.63, 3.8) is 0 Å². The number of nitrogens with one attached hydrogen (secondary N) is 1. The average molecular weight is 327 g/mol. The lowest BCUT2D eigenvalue weighted by atomic mass is 9.87. The highest BCUT2D eigenvalue weighted by atomic mass is 16.5. The molecule has 0 radical (unpaired) electrons. The van der Waals surface area contributed by atoms with Gasteiger partial charge in [0, 0.05) is 17.3 Å². The fourth-order valence-electron chi connectivity index (χ4n) is 2.43. The van der Waals surface area contributed by atoms with Gasteiger partial charge in [-0.3, -0.25) is 4.79 Å². The summed E-state index contributed by atoms with van der Waals surface area (Å²) in [7, 11) is 3.18. The van der Waals surface area contributed by atoms with Gasteiger partial charge in [0.25, 0.3) is 0 Å². The van der Waals surface area contributed by atoms with E-state index in [0.717, 1.165) is 11.3 Å². The summed E-state index contributed by atoms with van der Waals surface area (Å²) in [6.45, 7) is 6.49. The molecule has 0 aliphatic carbocycles. The maximum Gasteiger partial charge on any atom is 0.228 e. The van der Waals surface area contributed by atoms with Gasteiger partial charge in [0.1, 0.15) is 11.5 Å². The van der Waals surface area contributed by atoms with E-state index in [1.165, 1.54) is 5.56 Å². The van der Waals surface area contributed by atoms with Gasteiger partial charge >= 0.3 is 0 Å². The number of anilines is 1. The van der Waals surface area contributed by atoms with Crippen molar-refractivity contribution in [2.75, 3.05) is 19.5 Å². The Balaban J connectivity index is 2.06. The van der Waals surface area contributed by atoms with Crippen LogP contribution in [0.25, 0.3) is 0 Å². The second kappa shape index (κ2) is 7.39. The van der Waals surface area contributed by atoms with E-state index in [1.807, 2.05) is 36.4 Å². The first-order valence-electron chi connectivity index (χ1n) is 7.95. The highest BCUT2D eigenvalue weighted by Gasteiger charge is 2.14. The lowest BCUT2D eigenvalue weighted by Gasteiger charge is -2.19. The van der Waals surface area contributed by atoms with E-state index >= 15 is 0 Å². The fourth-order valence-corrected chi connectivity index (χ4v) is 2.43. The van der Waals surface area contributed by atoms with E-state index in [1.54, 1.807) is 20.3 Å². The monoisotopic (exact) mass is 327 g/mol. The van der Waals surface area contributed by atoms with E-state index in [9.17, 15) is 4.79 Å². The zero-order valence-corrected chi connectivity index (χ0v) is 15.0. The van der Waals surface area contributed by atoms with E-state index in [0.29, 0.717) is 11.5 Å². The quantitative estimate of drug-likeness (QED) is 0.896. The molecule has 1 amide bonds. The SMILES string of the molecule is COc1ccc(CC(=O)Nc2ccc(C(C)(C)C)cc2)c(OC)c1. The predicted octanol–water partition coefficient (Wildman–Crippen LogP) is 4.18. The normalized spacial score (nSPS) is 11.0. The molecule has 2 aromatic rings. The molecule has 24 heavy (non-hydrogen) atoms. The van der Waals surface area contributed by atoms with Crippen LogP contribution in [0.4, 0.5) is 5.69 Å². The van der Waals surface area contributed by atoms with Gasteiger partial charge in [0.15, 0.2) is 0 Å². The molecule has 0 saturated carbocycles. The lowest BCUT2D eigenvalue weighted by molar-refractivity contribution is -0.115. The smallest absolute Gasteiger partial charge is 0.228 e. The average Bonchev–Trinajstić information content (AvgIpc) is 2.54. The minimum Gasteiger partial charge on any atom is -0.497 e. The molecular formula is C20H25NO3. The third kappa shape index (κ3) is 4.51. The fraction of sp³-hybridized carbons (Fsp3) is 0.350. The van der Waals surface area contributed by atoms with Crippen molar-refractivity contribution in [1.82, 2.24) is 0 Å². The molecule has 0 heterocycles.